The number of halogens is 3. The Bertz CT molecular complexity index is 1370. The highest BCUT2D eigenvalue weighted by Gasteiger charge is 2.43. The number of rotatable bonds is 10. The maximum Gasteiger partial charge on any atom is 0.248 e. The highest BCUT2D eigenvalue weighted by molar-refractivity contribution is 7.93. The zero-order valence-electron chi connectivity index (χ0n) is 20.8. The van der Waals surface area contributed by atoms with Crippen LogP contribution in [0.4, 0.5) is 14.7 Å². The van der Waals surface area contributed by atoms with Crippen LogP contribution in [0.1, 0.15) is 49.9 Å². The molecule has 3 atom stereocenters. The molecule has 4 rings (SSSR count). The van der Waals surface area contributed by atoms with Crippen LogP contribution in [0.3, 0.4) is 0 Å². The van der Waals surface area contributed by atoms with Crippen molar-refractivity contribution in [2.45, 2.75) is 49.4 Å². The first-order valence-electron chi connectivity index (χ1n) is 11.3. The van der Waals surface area contributed by atoms with E-state index in [0.29, 0.717) is 0 Å². The normalized spacial score (nSPS) is 18.7. The van der Waals surface area contributed by atoms with Gasteiger partial charge in [0.2, 0.25) is 33.7 Å². The topological polar surface area (TPSA) is 156 Å². The van der Waals surface area contributed by atoms with Crippen LogP contribution >= 0.6 is 11.6 Å². The maximum absolute atomic E-state index is 14.1. The Balaban J connectivity index is 1.79. The third kappa shape index (κ3) is 5.47. The van der Waals surface area contributed by atoms with Gasteiger partial charge in [-0.25, -0.2) is 27.2 Å². The Morgan fingerprint density at radius 2 is 1.74 bits per heavy atom. The Kier molecular flexibility index (Phi) is 7.94. The summed E-state index contributed by atoms with van der Waals surface area (Å²) in [5.74, 6) is -3.81. The molecule has 1 aliphatic rings. The van der Waals surface area contributed by atoms with Gasteiger partial charge in [-0.1, -0.05) is 11.6 Å². The van der Waals surface area contributed by atoms with E-state index in [-0.39, 0.29) is 52.9 Å². The molecular formula is C21H25ClF2N8O5S. The summed E-state index contributed by atoms with van der Waals surface area (Å²) in [6, 6.07) is 0. The molecule has 0 saturated heterocycles. The lowest BCUT2D eigenvalue weighted by atomic mass is 10.1. The molecule has 3 heterocycles. The van der Waals surface area contributed by atoms with Crippen LogP contribution in [0.2, 0.25) is 5.02 Å². The van der Waals surface area contributed by atoms with Crippen LogP contribution in [0.5, 0.6) is 11.8 Å². The average Bonchev–Trinajstić information content (AvgIpc) is 3.46. The van der Waals surface area contributed by atoms with Gasteiger partial charge in [0.15, 0.2) is 11.5 Å². The lowest BCUT2D eigenvalue weighted by molar-refractivity contribution is 0.00749. The summed E-state index contributed by atoms with van der Waals surface area (Å²) in [4.78, 5) is 16.2. The summed E-state index contributed by atoms with van der Waals surface area (Å²) in [6.07, 6.45) is 1.99. The number of nitrogens with zero attached hydrogens (tertiary/aromatic N) is 7. The third-order valence-electron chi connectivity index (χ3n) is 6.12. The van der Waals surface area contributed by atoms with Crippen molar-refractivity contribution in [2.24, 2.45) is 0 Å². The second-order valence-corrected chi connectivity index (χ2v) is 11.0. The fourth-order valence-electron chi connectivity index (χ4n) is 4.21. The summed E-state index contributed by atoms with van der Waals surface area (Å²) in [7, 11) is -0.288. The van der Waals surface area contributed by atoms with Gasteiger partial charge in [0.05, 0.1) is 19.2 Å². The standard InChI is InChI=1S/C21H25ClF2N8O5S/c1-11(15(35-2)16-25-8-13(22)9-26-16)38(33,34)31-20-30-29-17(12-5-6-21(23,24)7-12)32(20)14-18(36-3)27-10-28-19(14)37-4/h8-12,15H,5-7H2,1-4H3,(H,30,31)/t11-,12+,15-/m0/s1. The number of anilines is 1. The van der Waals surface area contributed by atoms with E-state index in [1.54, 1.807) is 0 Å². The minimum Gasteiger partial charge on any atom is -0.479 e. The minimum atomic E-state index is -4.27. The first-order valence-corrected chi connectivity index (χ1v) is 13.2. The summed E-state index contributed by atoms with van der Waals surface area (Å²) >= 11 is 5.84. The van der Waals surface area contributed by atoms with Crippen molar-refractivity contribution < 1.29 is 31.4 Å². The Morgan fingerprint density at radius 1 is 1.11 bits per heavy atom. The molecule has 3 aromatic heterocycles. The molecule has 0 aliphatic heterocycles. The molecule has 13 nitrogen and oxygen atoms in total. The van der Waals surface area contributed by atoms with E-state index in [1.807, 2.05) is 0 Å². The van der Waals surface area contributed by atoms with Gasteiger partial charge in [-0.05, 0) is 13.3 Å². The number of alkyl halides is 2. The Hall–Kier alpha value is -3.24. The van der Waals surface area contributed by atoms with Crippen LogP contribution in [-0.2, 0) is 14.8 Å². The molecule has 1 aliphatic carbocycles. The SMILES string of the molecule is COc1ncnc(OC)c1-n1c(NS(=O)(=O)[C@@H](C)[C@H](OC)c2ncc(Cl)cn2)nnc1[C@@H]1CCC(F)(F)C1. The molecule has 1 fully saturated rings. The number of sulfonamides is 1. The van der Waals surface area contributed by atoms with Crippen molar-refractivity contribution in [3.63, 3.8) is 0 Å². The van der Waals surface area contributed by atoms with Gasteiger partial charge in [0.1, 0.15) is 23.5 Å². The summed E-state index contributed by atoms with van der Waals surface area (Å²) in [6.45, 7) is 1.39. The average molecular weight is 575 g/mol. The number of hydrogen-bond acceptors (Lipinski definition) is 11. The Labute approximate surface area is 222 Å². The molecule has 3 aromatic rings. The molecule has 0 unspecified atom stereocenters. The number of ether oxygens (including phenoxy) is 3. The van der Waals surface area contributed by atoms with Gasteiger partial charge >= 0.3 is 0 Å². The van der Waals surface area contributed by atoms with E-state index < -0.39 is 39.6 Å². The summed E-state index contributed by atoms with van der Waals surface area (Å²) in [5, 5.41) is 7.10. The quantitative estimate of drug-likeness (QED) is 0.379. The molecule has 38 heavy (non-hydrogen) atoms. The zero-order valence-corrected chi connectivity index (χ0v) is 22.4. The molecule has 1 saturated carbocycles. The van der Waals surface area contributed by atoms with Crippen LogP contribution < -0.4 is 14.2 Å². The number of aromatic nitrogens is 7. The lowest BCUT2D eigenvalue weighted by Crippen LogP contribution is -2.33. The third-order valence-corrected chi connectivity index (χ3v) is 8.01. The molecule has 1 N–H and O–H groups in total. The van der Waals surface area contributed by atoms with E-state index in [2.05, 4.69) is 34.9 Å². The van der Waals surface area contributed by atoms with Crippen molar-refractivity contribution in [1.82, 2.24) is 34.7 Å². The highest BCUT2D eigenvalue weighted by atomic mass is 35.5. The fraction of sp³-hybridized carbons (Fsp3) is 0.524. The van der Waals surface area contributed by atoms with Gasteiger partial charge in [-0.3, -0.25) is 9.29 Å². The molecule has 0 bridgehead atoms. The van der Waals surface area contributed by atoms with Crippen LogP contribution in [0.25, 0.3) is 5.69 Å². The number of nitrogens with one attached hydrogen (secondary N) is 1. The fourth-order valence-corrected chi connectivity index (χ4v) is 5.44. The maximum atomic E-state index is 14.1. The molecule has 0 spiro atoms. The monoisotopic (exact) mass is 574 g/mol. The Morgan fingerprint density at radius 3 is 2.26 bits per heavy atom. The molecular weight excluding hydrogens is 550 g/mol. The number of methoxy groups -OCH3 is 3. The summed E-state index contributed by atoms with van der Waals surface area (Å²) in [5.41, 5.74) is 0.0439. The van der Waals surface area contributed by atoms with Crippen molar-refractivity contribution in [2.75, 3.05) is 26.1 Å². The minimum absolute atomic E-state index is 0.0134. The molecule has 206 valence electrons. The largest absolute Gasteiger partial charge is 0.479 e. The van der Waals surface area contributed by atoms with E-state index in [9.17, 15) is 17.2 Å². The van der Waals surface area contributed by atoms with Crippen molar-refractivity contribution in [1.29, 1.82) is 0 Å². The predicted molar refractivity (Wildman–Crippen MR) is 130 cm³/mol. The smallest absolute Gasteiger partial charge is 0.248 e. The second-order valence-electron chi connectivity index (χ2n) is 8.52. The van der Waals surface area contributed by atoms with Crippen molar-refractivity contribution >= 4 is 27.6 Å². The van der Waals surface area contributed by atoms with E-state index in [1.165, 1.54) is 51.5 Å². The van der Waals surface area contributed by atoms with Crippen LogP contribution in [-0.4, -0.2) is 75.6 Å². The molecule has 0 radical (unpaired) electrons. The zero-order chi connectivity index (χ0) is 27.7. The first-order chi connectivity index (χ1) is 18.0. The van der Waals surface area contributed by atoms with E-state index in [4.69, 9.17) is 25.8 Å². The first kappa shape index (κ1) is 27.8. The van der Waals surface area contributed by atoms with Crippen LogP contribution in [0, 0.1) is 0 Å². The van der Waals surface area contributed by atoms with Crippen molar-refractivity contribution in [3.05, 3.63) is 35.4 Å². The lowest BCUT2D eigenvalue weighted by Gasteiger charge is -2.23. The van der Waals surface area contributed by atoms with E-state index in [0.717, 1.165) is 0 Å². The molecule has 17 heteroatoms. The van der Waals surface area contributed by atoms with Gasteiger partial charge in [-0.15, -0.1) is 10.2 Å². The van der Waals surface area contributed by atoms with E-state index >= 15 is 0 Å². The van der Waals surface area contributed by atoms with Gasteiger partial charge in [0.25, 0.3) is 0 Å². The second kappa shape index (κ2) is 10.9. The van der Waals surface area contributed by atoms with Crippen LogP contribution in [0.15, 0.2) is 18.7 Å². The number of hydrogen-bond donors (Lipinski definition) is 1. The summed E-state index contributed by atoms with van der Waals surface area (Å²) < 4.78 is 75.0. The van der Waals surface area contributed by atoms with Gasteiger partial charge < -0.3 is 14.2 Å². The van der Waals surface area contributed by atoms with Gasteiger partial charge in [-0.2, -0.15) is 9.97 Å². The van der Waals surface area contributed by atoms with Crippen molar-refractivity contribution in [3.8, 4) is 17.4 Å². The predicted octanol–water partition coefficient (Wildman–Crippen LogP) is 2.94. The molecule has 0 amide bonds. The highest BCUT2D eigenvalue weighted by Crippen LogP contribution is 2.45. The van der Waals surface area contributed by atoms with Gasteiger partial charge in [0, 0.05) is 38.3 Å². The molecule has 0 aromatic carbocycles.